The minimum atomic E-state index is 0.523. The summed E-state index contributed by atoms with van der Waals surface area (Å²) in [5, 5.41) is 14.9. The Kier molecular flexibility index (Phi) is 2.43. The molecule has 1 aliphatic carbocycles. The Morgan fingerprint density at radius 2 is 2.08 bits per heavy atom. The van der Waals surface area contributed by atoms with E-state index in [1.807, 2.05) is 6.07 Å². The number of nitrogens with zero attached hydrogens (tertiary/aromatic N) is 2. The molecule has 0 radical (unpaired) electrons. The van der Waals surface area contributed by atoms with Crippen molar-refractivity contribution < 1.29 is 4.85 Å². The largest absolute Gasteiger partial charge is 0.594 e. The number of hydrogen-bond acceptors (Lipinski definition) is 2. The van der Waals surface area contributed by atoms with E-state index >= 15 is 0 Å². The Morgan fingerprint density at radius 3 is 2.77 bits per heavy atom. The van der Waals surface area contributed by atoms with Crippen LogP contribution in [0.3, 0.4) is 0 Å². The van der Waals surface area contributed by atoms with Crippen molar-refractivity contribution in [3.8, 4) is 0 Å². The third-order valence-corrected chi connectivity index (χ3v) is 2.72. The highest BCUT2D eigenvalue weighted by Crippen LogP contribution is 2.30. The molecule has 0 aromatic carbocycles. The number of hydrogen-bond donors (Lipinski definition) is 0. The summed E-state index contributed by atoms with van der Waals surface area (Å²) in [5.41, 5.74) is 0.970. The Labute approximate surface area is 78.0 Å². The fraction of sp³-hybridized carbons (Fsp3) is 0.600. The van der Waals surface area contributed by atoms with Crippen molar-refractivity contribution in [2.45, 2.75) is 38.0 Å². The van der Waals surface area contributed by atoms with Crippen LogP contribution in [0.25, 0.3) is 0 Å². The molecule has 1 aromatic heterocycles. The quantitative estimate of drug-likeness (QED) is 0.485. The molecule has 1 fully saturated rings. The maximum absolute atomic E-state index is 10.9. The highest BCUT2D eigenvalue weighted by molar-refractivity contribution is 5.05. The zero-order chi connectivity index (χ0) is 9.10. The lowest BCUT2D eigenvalue weighted by Crippen LogP contribution is -2.31. The van der Waals surface area contributed by atoms with Gasteiger partial charge in [-0.2, -0.15) is 0 Å². The van der Waals surface area contributed by atoms with E-state index < -0.39 is 0 Å². The molecule has 0 bridgehead atoms. The van der Waals surface area contributed by atoms with Crippen LogP contribution in [0.4, 0.5) is 0 Å². The molecular formula is C10H14N2O. The maximum atomic E-state index is 10.9. The van der Waals surface area contributed by atoms with Crippen LogP contribution in [0, 0.1) is 5.21 Å². The van der Waals surface area contributed by atoms with Gasteiger partial charge < -0.3 is 5.21 Å². The predicted octanol–water partition coefficient (Wildman–Crippen LogP) is 1.76. The molecule has 0 amide bonds. The van der Waals surface area contributed by atoms with Gasteiger partial charge in [-0.1, -0.05) is 24.1 Å². The molecule has 1 saturated carbocycles. The molecule has 0 atom stereocenters. The second kappa shape index (κ2) is 3.73. The molecule has 1 heterocycles. The van der Waals surface area contributed by atoms with Gasteiger partial charge in [0.05, 0.1) is 0 Å². The highest BCUT2D eigenvalue weighted by Gasteiger charge is 2.18. The molecule has 0 saturated heterocycles. The molecule has 3 heteroatoms. The molecule has 1 aromatic rings. The van der Waals surface area contributed by atoms with Gasteiger partial charge in [0.1, 0.15) is 5.69 Å². The Hall–Kier alpha value is -1.12. The molecule has 0 spiro atoms. The summed E-state index contributed by atoms with van der Waals surface area (Å²) in [6.07, 6.45) is 7.71. The second-order valence-electron chi connectivity index (χ2n) is 3.67. The van der Waals surface area contributed by atoms with Crippen molar-refractivity contribution in [3.05, 3.63) is 29.2 Å². The second-order valence-corrected chi connectivity index (χ2v) is 3.67. The molecule has 1 aliphatic rings. The molecule has 70 valence electrons. The first-order chi connectivity index (χ1) is 6.36. The van der Waals surface area contributed by atoms with E-state index in [0.717, 1.165) is 5.69 Å². The monoisotopic (exact) mass is 178 g/mol. The third kappa shape index (κ3) is 1.97. The lowest BCUT2D eigenvalue weighted by atomic mass is 9.87. The maximum Gasteiger partial charge on any atom is 0.209 e. The summed E-state index contributed by atoms with van der Waals surface area (Å²) in [5.74, 6) is 0.523. The van der Waals surface area contributed by atoms with Gasteiger partial charge in [-0.05, 0) is 18.9 Å². The van der Waals surface area contributed by atoms with E-state index in [9.17, 15) is 5.21 Å². The van der Waals surface area contributed by atoms with Crippen LogP contribution >= 0.6 is 0 Å². The number of aromatic nitrogens is 2. The Morgan fingerprint density at radius 1 is 1.31 bits per heavy atom. The molecule has 13 heavy (non-hydrogen) atoms. The molecule has 0 N–H and O–H groups in total. The summed E-state index contributed by atoms with van der Waals surface area (Å²) in [4.78, 5) is 0.657. The van der Waals surface area contributed by atoms with Gasteiger partial charge >= 0.3 is 0 Å². The summed E-state index contributed by atoms with van der Waals surface area (Å²) in [6, 6.07) is 3.74. The van der Waals surface area contributed by atoms with E-state index in [2.05, 4.69) is 5.10 Å². The van der Waals surface area contributed by atoms with Gasteiger partial charge in [-0.15, -0.1) is 0 Å². The van der Waals surface area contributed by atoms with Crippen molar-refractivity contribution >= 4 is 0 Å². The van der Waals surface area contributed by atoms with Crippen LogP contribution in [0.2, 0.25) is 0 Å². The SMILES string of the molecule is [O-][n+]1cccc(C2CCCCC2)n1. The summed E-state index contributed by atoms with van der Waals surface area (Å²) < 4.78 is 0. The molecule has 0 unspecified atom stereocenters. The first-order valence-corrected chi connectivity index (χ1v) is 4.92. The average Bonchev–Trinajstić information content (AvgIpc) is 2.19. The van der Waals surface area contributed by atoms with Gasteiger partial charge in [0, 0.05) is 17.1 Å². The first kappa shape index (κ1) is 8.48. The molecule has 3 nitrogen and oxygen atoms in total. The first-order valence-electron chi connectivity index (χ1n) is 4.92. The summed E-state index contributed by atoms with van der Waals surface area (Å²) >= 11 is 0. The van der Waals surface area contributed by atoms with Crippen molar-refractivity contribution in [2.24, 2.45) is 0 Å². The highest BCUT2D eigenvalue weighted by atomic mass is 16.5. The summed E-state index contributed by atoms with van der Waals surface area (Å²) in [7, 11) is 0. The standard InChI is InChI=1S/C10H14N2O/c13-12-8-4-7-10(11-12)9-5-2-1-3-6-9/h4,7-9H,1-3,5-6H2. The van der Waals surface area contributed by atoms with E-state index in [1.165, 1.54) is 38.3 Å². The fourth-order valence-electron chi connectivity index (χ4n) is 2.01. The average molecular weight is 178 g/mol. The smallest absolute Gasteiger partial charge is 0.209 e. The molecule has 2 rings (SSSR count). The van der Waals surface area contributed by atoms with Crippen LogP contribution in [-0.2, 0) is 0 Å². The Bertz CT molecular complexity index is 282. The minimum absolute atomic E-state index is 0.523. The van der Waals surface area contributed by atoms with Crippen molar-refractivity contribution in [1.29, 1.82) is 0 Å². The number of rotatable bonds is 1. The normalized spacial score (nSPS) is 18.8. The van der Waals surface area contributed by atoms with Gasteiger partial charge in [0.25, 0.3) is 0 Å². The predicted molar refractivity (Wildman–Crippen MR) is 49.0 cm³/mol. The van der Waals surface area contributed by atoms with Crippen molar-refractivity contribution in [3.63, 3.8) is 0 Å². The van der Waals surface area contributed by atoms with Crippen LogP contribution in [-0.4, -0.2) is 5.10 Å². The van der Waals surface area contributed by atoms with E-state index in [-0.39, 0.29) is 0 Å². The topological polar surface area (TPSA) is 39.8 Å². The van der Waals surface area contributed by atoms with Gasteiger partial charge in [-0.3, -0.25) is 0 Å². The molecular weight excluding hydrogens is 164 g/mol. The van der Waals surface area contributed by atoms with E-state index in [0.29, 0.717) is 10.8 Å². The van der Waals surface area contributed by atoms with Crippen LogP contribution in [0.5, 0.6) is 0 Å². The van der Waals surface area contributed by atoms with Crippen molar-refractivity contribution in [1.82, 2.24) is 5.10 Å². The lowest BCUT2D eigenvalue weighted by Gasteiger charge is -2.19. The lowest BCUT2D eigenvalue weighted by molar-refractivity contribution is -0.670. The summed E-state index contributed by atoms with van der Waals surface area (Å²) in [6.45, 7) is 0. The van der Waals surface area contributed by atoms with Gasteiger partial charge in [-0.25, -0.2) is 0 Å². The van der Waals surface area contributed by atoms with E-state index in [1.54, 1.807) is 6.07 Å². The zero-order valence-corrected chi connectivity index (χ0v) is 7.65. The van der Waals surface area contributed by atoms with Crippen LogP contribution in [0.1, 0.15) is 43.7 Å². The van der Waals surface area contributed by atoms with Gasteiger partial charge in [0.15, 0.2) is 0 Å². The van der Waals surface area contributed by atoms with Crippen LogP contribution < -0.4 is 4.85 Å². The van der Waals surface area contributed by atoms with E-state index in [4.69, 9.17) is 0 Å². The minimum Gasteiger partial charge on any atom is -0.594 e. The fourth-order valence-corrected chi connectivity index (χ4v) is 2.01. The van der Waals surface area contributed by atoms with Crippen molar-refractivity contribution in [2.75, 3.05) is 0 Å². The molecule has 0 aliphatic heterocycles. The van der Waals surface area contributed by atoms with Crippen LogP contribution in [0.15, 0.2) is 18.3 Å². The third-order valence-electron chi connectivity index (χ3n) is 2.72. The van der Waals surface area contributed by atoms with Gasteiger partial charge in [0.2, 0.25) is 6.20 Å². The zero-order valence-electron chi connectivity index (χ0n) is 7.65. The Balaban J connectivity index is 2.14.